The number of carbonyl (C=O) groups excluding carboxylic acids is 1. The third-order valence-electron chi connectivity index (χ3n) is 4.89. The molecule has 0 radical (unpaired) electrons. The second kappa shape index (κ2) is 10.2. The molecule has 3 rings (SSSR count). The van der Waals surface area contributed by atoms with Gasteiger partial charge < -0.3 is 20.1 Å². The molecule has 0 aliphatic carbocycles. The summed E-state index contributed by atoms with van der Waals surface area (Å²) in [6.07, 6.45) is -1.61. The maximum absolute atomic E-state index is 13.2. The molecule has 8 heteroatoms. The molecular formula is C23H24NO6P. The van der Waals surface area contributed by atoms with Crippen LogP contribution in [0.25, 0.3) is 10.8 Å². The number of aliphatic carboxylic acids is 1. The third-order valence-corrected chi connectivity index (χ3v) is 7.05. The second-order valence-corrected chi connectivity index (χ2v) is 9.66. The van der Waals surface area contributed by atoms with Crippen molar-refractivity contribution >= 4 is 30.2 Å². The Morgan fingerprint density at radius 3 is 2.39 bits per heavy atom. The fourth-order valence-corrected chi connectivity index (χ4v) is 5.14. The third kappa shape index (κ3) is 6.41. The van der Waals surface area contributed by atoms with Gasteiger partial charge in [-0.3, -0.25) is 9.36 Å². The molecule has 0 aromatic heterocycles. The number of amides is 1. The predicted molar refractivity (Wildman–Crippen MR) is 118 cm³/mol. The van der Waals surface area contributed by atoms with Gasteiger partial charge in [0.05, 0.1) is 6.16 Å². The zero-order chi connectivity index (χ0) is 22.3. The normalized spacial score (nSPS) is 13.8. The van der Waals surface area contributed by atoms with Crippen molar-refractivity contribution in [2.45, 2.75) is 31.4 Å². The highest BCUT2D eigenvalue weighted by Crippen LogP contribution is 2.51. The first kappa shape index (κ1) is 22.5. The number of fused-ring (bicyclic) bond motifs is 1. The average Bonchev–Trinajstić information content (AvgIpc) is 2.75. The van der Waals surface area contributed by atoms with Crippen LogP contribution < -0.4 is 5.32 Å². The molecule has 7 nitrogen and oxygen atoms in total. The summed E-state index contributed by atoms with van der Waals surface area (Å²) in [6, 6.07) is 22.0. The van der Waals surface area contributed by atoms with E-state index >= 15 is 0 Å². The van der Waals surface area contributed by atoms with E-state index in [1.807, 2.05) is 36.4 Å². The van der Waals surface area contributed by atoms with Crippen LogP contribution in [0.3, 0.4) is 0 Å². The number of rotatable bonds is 9. The van der Waals surface area contributed by atoms with Crippen molar-refractivity contribution in [3.63, 3.8) is 0 Å². The van der Waals surface area contributed by atoms with Crippen LogP contribution in [0.1, 0.15) is 24.0 Å². The van der Waals surface area contributed by atoms with E-state index in [2.05, 4.69) is 5.32 Å². The number of benzene rings is 3. The Bertz CT molecular complexity index is 1100. The molecule has 1 amide bonds. The molecule has 3 aromatic carbocycles. The summed E-state index contributed by atoms with van der Waals surface area (Å²) in [6.45, 7) is -0.00260. The molecule has 162 valence electrons. The predicted octanol–water partition coefficient (Wildman–Crippen LogP) is 4.73. The Hall–Kier alpha value is -3.15. The van der Waals surface area contributed by atoms with Crippen LogP contribution in [0.15, 0.2) is 72.8 Å². The Balaban J connectivity index is 1.75. The van der Waals surface area contributed by atoms with E-state index in [0.717, 1.165) is 16.3 Å². The molecule has 31 heavy (non-hydrogen) atoms. The molecule has 0 saturated heterocycles. The van der Waals surface area contributed by atoms with Crippen LogP contribution in [-0.2, 0) is 26.9 Å². The largest absolute Gasteiger partial charge is 0.481 e. The molecule has 2 unspecified atom stereocenters. The van der Waals surface area contributed by atoms with Gasteiger partial charge in [0.1, 0.15) is 12.4 Å². The van der Waals surface area contributed by atoms with Crippen molar-refractivity contribution in [3.05, 3.63) is 83.9 Å². The summed E-state index contributed by atoms with van der Waals surface area (Å²) in [4.78, 5) is 34.1. The van der Waals surface area contributed by atoms with Gasteiger partial charge in [0.2, 0.25) is 7.37 Å². The number of nitrogens with one attached hydrogen (secondary N) is 1. The van der Waals surface area contributed by atoms with E-state index in [1.54, 1.807) is 36.4 Å². The monoisotopic (exact) mass is 441 g/mol. The van der Waals surface area contributed by atoms with Crippen LogP contribution >= 0.6 is 7.37 Å². The smallest absolute Gasteiger partial charge is 0.408 e. The number of ether oxygens (including phenoxy) is 1. The lowest BCUT2D eigenvalue weighted by Crippen LogP contribution is -2.36. The first-order chi connectivity index (χ1) is 14.8. The minimum Gasteiger partial charge on any atom is -0.481 e. The Morgan fingerprint density at radius 1 is 0.968 bits per heavy atom. The molecular weight excluding hydrogens is 417 g/mol. The Kier molecular flexibility index (Phi) is 7.45. The van der Waals surface area contributed by atoms with Gasteiger partial charge in [-0.25, -0.2) is 4.79 Å². The van der Waals surface area contributed by atoms with E-state index in [0.29, 0.717) is 5.56 Å². The van der Waals surface area contributed by atoms with Crippen molar-refractivity contribution in [3.8, 4) is 0 Å². The first-order valence-corrected chi connectivity index (χ1v) is 11.7. The summed E-state index contributed by atoms with van der Waals surface area (Å²) in [5.74, 6) is -2.36. The topological polar surface area (TPSA) is 113 Å². The summed E-state index contributed by atoms with van der Waals surface area (Å²) in [5, 5.41) is 13.2. The van der Waals surface area contributed by atoms with Crippen LogP contribution in [0.5, 0.6) is 0 Å². The molecule has 0 fully saturated rings. The molecule has 2 atom stereocenters. The van der Waals surface area contributed by atoms with Crippen LogP contribution in [0, 0.1) is 0 Å². The zero-order valence-corrected chi connectivity index (χ0v) is 17.7. The van der Waals surface area contributed by atoms with Crippen LogP contribution in [0.2, 0.25) is 0 Å². The van der Waals surface area contributed by atoms with E-state index in [9.17, 15) is 19.0 Å². The zero-order valence-electron chi connectivity index (χ0n) is 16.8. The van der Waals surface area contributed by atoms with Crippen LogP contribution in [-0.4, -0.2) is 27.8 Å². The summed E-state index contributed by atoms with van der Waals surface area (Å²) in [7, 11) is -4.01. The average molecular weight is 441 g/mol. The van der Waals surface area contributed by atoms with Gasteiger partial charge in [-0.2, -0.15) is 0 Å². The number of hydrogen-bond donors (Lipinski definition) is 3. The summed E-state index contributed by atoms with van der Waals surface area (Å²) in [5.41, 5.74) is 1.42. The highest BCUT2D eigenvalue weighted by molar-refractivity contribution is 7.57. The van der Waals surface area contributed by atoms with Gasteiger partial charge in [-0.05, 0) is 28.3 Å². The fraction of sp³-hybridized carbons (Fsp3) is 0.217. The molecule has 3 N–H and O–H groups in total. The van der Waals surface area contributed by atoms with Gasteiger partial charge >= 0.3 is 12.1 Å². The lowest BCUT2D eigenvalue weighted by atomic mass is 10.1. The Labute approximate surface area is 180 Å². The number of hydrogen-bond acceptors (Lipinski definition) is 4. The maximum atomic E-state index is 13.2. The van der Waals surface area contributed by atoms with E-state index in [1.165, 1.54) is 0 Å². The van der Waals surface area contributed by atoms with E-state index in [-0.39, 0.29) is 25.6 Å². The van der Waals surface area contributed by atoms with Crippen molar-refractivity contribution in [1.29, 1.82) is 0 Å². The molecule has 0 saturated carbocycles. The fourth-order valence-electron chi connectivity index (χ4n) is 3.32. The van der Waals surface area contributed by atoms with Gasteiger partial charge in [-0.1, -0.05) is 72.8 Å². The first-order valence-electron chi connectivity index (χ1n) is 9.82. The highest BCUT2D eigenvalue weighted by Gasteiger charge is 2.33. The number of carboxylic acid groups (broad SMARTS) is 1. The number of alkyl carbamates (subject to hydrolysis) is 1. The van der Waals surface area contributed by atoms with Crippen molar-refractivity contribution < 1.29 is 28.9 Å². The lowest BCUT2D eigenvalue weighted by Gasteiger charge is -2.24. The molecule has 3 aromatic rings. The molecule has 0 spiro atoms. The van der Waals surface area contributed by atoms with E-state index < -0.39 is 25.2 Å². The van der Waals surface area contributed by atoms with Gasteiger partial charge in [0, 0.05) is 6.42 Å². The van der Waals surface area contributed by atoms with Crippen molar-refractivity contribution in [2.24, 2.45) is 0 Å². The standard InChI is InChI=1S/C23H24NO6P/c25-22(26)14-13-21(24-23(27)30-15-17-7-2-1-3-8-17)31(28,29)16-19-11-6-10-18-9-4-5-12-20(18)19/h1-12,21H,13-16H2,(H,24,27)(H,25,26)(H,28,29). The van der Waals surface area contributed by atoms with Crippen LogP contribution in [0.4, 0.5) is 4.79 Å². The number of carboxylic acids is 1. The maximum Gasteiger partial charge on any atom is 0.408 e. The van der Waals surface area contributed by atoms with Crippen molar-refractivity contribution in [2.75, 3.05) is 0 Å². The minimum atomic E-state index is -4.01. The second-order valence-electron chi connectivity index (χ2n) is 7.21. The SMILES string of the molecule is O=C(O)CCC(NC(=O)OCc1ccccc1)P(=O)(O)Cc1cccc2ccccc12. The Morgan fingerprint density at radius 2 is 1.65 bits per heavy atom. The lowest BCUT2D eigenvalue weighted by molar-refractivity contribution is -0.137. The van der Waals surface area contributed by atoms with Gasteiger partial charge in [0.15, 0.2) is 0 Å². The van der Waals surface area contributed by atoms with Crippen molar-refractivity contribution in [1.82, 2.24) is 5.32 Å². The van der Waals surface area contributed by atoms with Gasteiger partial charge in [0.25, 0.3) is 0 Å². The van der Waals surface area contributed by atoms with E-state index in [4.69, 9.17) is 9.84 Å². The quantitative estimate of drug-likeness (QED) is 0.414. The highest BCUT2D eigenvalue weighted by atomic mass is 31.2. The summed E-state index contributed by atoms with van der Waals surface area (Å²) >= 11 is 0. The minimum absolute atomic E-state index is 0.00260. The summed E-state index contributed by atoms with van der Waals surface area (Å²) < 4.78 is 18.4. The number of carbonyl (C=O) groups is 2. The molecule has 0 bridgehead atoms. The molecule has 0 aliphatic rings. The van der Waals surface area contributed by atoms with Gasteiger partial charge in [-0.15, -0.1) is 0 Å². The molecule has 0 heterocycles. The molecule has 0 aliphatic heterocycles.